The van der Waals surface area contributed by atoms with Crippen LogP contribution in [0.1, 0.15) is 45.4 Å². The lowest BCUT2D eigenvalue weighted by atomic mass is 9.76. The highest BCUT2D eigenvalue weighted by atomic mass is 15.1. The van der Waals surface area contributed by atoms with Crippen LogP contribution in [0.3, 0.4) is 0 Å². The molecule has 1 saturated carbocycles. The van der Waals surface area contributed by atoms with Crippen LogP contribution in [-0.4, -0.2) is 37.6 Å². The van der Waals surface area contributed by atoms with E-state index in [4.69, 9.17) is 0 Å². The first kappa shape index (κ1) is 12.0. The second-order valence-corrected chi connectivity index (χ2v) is 6.90. The van der Waals surface area contributed by atoms with Crippen LogP contribution in [-0.2, 0) is 0 Å². The molecule has 0 aromatic carbocycles. The van der Waals surface area contributed by atoms with Gasteiger partial charge in [0.15, 0.2) is 0 Å². The van der Waals surface area contributed by atoms with E-state index in [9.17, 15) is 0 Å². The normalized spacial score (nSPS) is 31.6. The molecule has 98 valence electrons. The zero-order chi connectivity index (χ0) is 11.7. The number of nitrogens with one attached hydrogen (secondary N) is 1. The van der Waals surface area contributed by atoms with E-state index in [0.29, 0.717) is 0 Å². The van der Waals surface area contributed by atoms with Crippen molar-refractivity contribution >= 4 is 0 Å². The van der Waals surface area contributed by atoms with E-state index in [-0.39, 0.29) is 0 Å². The second kappa shape index (κ2) is 4.89. The predicted molar refractivity (Wildman–Crippen MR) is 72.1 cm³/mol. The average Bonchev–Trinajstić information content (AvgIpc) is 2.68. The molecule has 1 aliphatic carbocycles. The topological polar surface area (TPSA) is 15.3 Å². The third-order valence-corrected chi connectivity index (χ3v) is 5.74. The summed E-state index contributed by atoms with van der Waals surface area (Å²) in [6.45, 7) is 9.08. The third-order valence-electron chi connectivity index (χ3n) is 5.74. The van der Waals surface area contributed by atoms with Gasteiger partial charge in [-0.25, -0.2) is 0 Å². The van der Waals surface area contributed by atoms with E-state index >= 15 is 0 Å². The van der Waals surface area contributed by atoms with Gasteiger partial charge in [-0.1, -0.05) is 19.8 Å². The highest BCUT2D eigenvalue weighted by molar-refractivity contribution is 4.90. The van der Waals surface area contributed by atoms with Gasteiger partial charge in [-0.3, -0.25) is 0 Å². The first-order valence-corrected chi connectivity index (χ1v) is 7.71. The summed E-state index contributed by atoms with van der Waals surface area (Å²) in [6, 6.07) is 0. The zero-order valence-electron chi connectivity index (χ0n) is 11.4. The fraction of sp³-hybridized carbons (Fsp3) is 1.00. The minimum absolute atomic E-state index is 0.789. The maximum atomic E-state index is 3.40. The van der Waals surface area contributed by atoms with Gasteiger partial charge in [-0.2, -0.15) is 0 Å². The predicted octanol–water partition coefficient (Wildman–Crippen LogP) is 2.50. The summed E-state index contributed by atoms with van der Waals surface area (Å²) in [5, 5.41) is 3.40. The van der Waals surface area contributed by atoms with Gasteiger partial charge in [-0.15, -0.1) is 0 Å². The molecular weight excluding hydrogens is 208 g/mol. The second-order valence-electron chi connectivity index (χ2n) is 6.90. The van der Waals surface area contributed by atoms with Crippen molar-refractivity contribution in [3.8, 4) is 0 Å². The Morgan fingerprint density at radius 1 is 1.12 bits per heavy atom. The largest absolute Gasteiger partial charge is 0.316 e. The van der Waals surface area contributed by atoms with Crippen molar-refractivity contribution in [1.29, 1.82) is 0 Å². The number of hydrogen-bond acceptors (Lipinski definition) is 2. The number of rotatable bonds is 3. The lowest BCUT2D eigenvalue weighted by Crippen LogP contribution is -2.49. The maximum Gasteiger partial charge on any atom is 0.00106 e. The van der Waals surface area contributed by atoms with Crippen LogP contribution in [0.15, 0.2) is 0 Å². The van der Waals surface area contributed by atoms with E-state index in [1.807, 2.05) is 0 Å². The van der Waals surface area contributed by atoms with Crippen LogP contribution >= 0.6 is 0 Å². The van der Waals surface area contributed by atoms with Crippen molar-refractivity contribution in [2.24, 2.45) is 17.3 Å². The maximum absolute atomic E-state index is 3.40. The standard InChI is InChI=1S/C15H28N2/c1-13(14-10-16-11-14)12-17-8-6-15(7-9-17)4-2-3-5-15/h13-14,16H,2-12H2,1H3. The first-order chi connectivity index (χ1) is 8.27. The van der Waals surface area contributed by atoms with Crippen molar-refractivity contribution in [3.05, 3.63) is 0 Å². The van der Waals surface area contributed by atoms with Crippen LogP contribution in [0.4, 0.5) is 0 Å². The fourth-order valence-electron chi connectivity index (χ4n) is 4.10. The molecule has 1 unspecified atom stereocenters. The van der Waals surface area contributed by atoms with Crippen LogP contribution in [0.25, 0.3) is 0 Å². The fourth-order valence-corrected chi connectivity index (χ4v) is 4.10. The Balaban J connectivity index is 1.44. The summed E-state index contributed by atoms with van der Waals surface area (Å²) in [5.41, 5.74) is 0.789. The van der Waals surface area contributed by atoms with Gasteiger partial charge < -0.3 is 10.2 Å². The molecule has 2 saturated heterocycles. The number of nitrogens with zero attached hydrogens (tertiary/aromatic N) is 1. The number of piperidine rings is 1. The van der Waals surface area contributed by atoms with Crippen molar-refractivity contribution < 1.29 is 0 Å². The molecule has 2 heterocycles. The van der Waals surface area contributed by atoms with E-state index in [1.165, 1.54) is 71.2 Å². The van der Waals surface area contributed by atoms with Crippen molar-refractivity contribution in [3.63, 3.8) is 0 Å². The average molecular weight is 236 g/mol. The molecule has 17 heavy (non-hydrogen) atoms. The van der Waals surface area contributed by atoms with Crippen LogP contribution < -0.4 is 5.32 Å². The van der Waals surface area contributed by atoms with Crippen LogP contribution in [0.2, 0.25) is 0 Å². The first-order valence-electron chi connectivity index (χ1n) is 7.71. The van der Waals surface area contributed by atoms with E-state index in [2.05, 4.69) is 17.1 Å². The smallest absolute Gasteiger partial charge is 0.00106 e. The summed E-state index contributed by atoms with van der Waals surface area (Å²) in [4.78, 5) is 2.74. The zero-order valence-corrected chi connectivity index (χ0v) is 11.4. The highest BCUT2D eigenvalue weighted by Gasteiger charge is 2.37. The van der Waals surface area contributed by atoms with E-state index in [1.54, 1.807) is 0 Å². The molecule has 1 spiro atoms. The molecular formula is C15H28N2. The Hall–Kier alpha value is -0.0800. The Labute approximate surface area is 106 Å². The summed E-state index contributed by atoms with van der Waals surface area (Å²) in [6.07, 6.45) is 9.05. The van der Waals surface area contributed by atoms with Crippen molar-refractivity contribution in [2.75, 3.05) is 32.7 Å². The molecule has 3 aliphatic rings. The SMILES string of the molecule is CC(CN1CCC2(CCCC2)CC1)C1CNC1. The number of likely N-dealkylation sites (tertiary alicyclic amines) is 1. The Bertz CT molecular complexity index is 244. The van der Waals surface area contributed by atoms with Gasteiger partial charge in [0.25, 0.3) is 0 Å². The molecule has 3 fully saturated rings. The van der Waals surface area contributed by atoms with E-state index in [0.717, 1.165) is 17.3 Å². The molecule has 1 N–H and O–H groups in total. The Kier molecular flexibility index (Phi) is 3.45. The molecule has 1 atom stereocenters. The van der Waals surface area contributed by atoms with Gasteiger partial charge in [0.05, 0.1) is 0 Å². The Morgan fingerprint density at radius 3 is 2.29 bits per heavy atom. The summed E-state index contributed by atoms with van der Waals surface area (Å²) < 4.78 is 0. The lowest BCUT2D eigenvalue weighted by Gasteiger charge is -2.42. The van der Waals surface area contributed by atoms with Crippen LogP contribution in [0, 0.1) is 17.3 Å². The van der Waals surface area contributed by atoms with Crippen molar-refractivity contribution in [1.82, 2.24) is 10.2 Å². The molecule has 2 nitrogen and oxygen atoms in total. The van der Waals surface area contributed by atoms with Gasteiger partial charge in [-0.05, 0) is 69.1 Å². The quantitative estimate of drug-likeness (QED) is 0.810. The van der Waals surface area contributed by atoms with Crippen LogP contribution in [0.5, 0.6) is 0 Å². The molecule has 0 aromatic heterocycles. The molecule has 0 amide bonds. The number of hydrogen-bond donors (Lipinski definition) is 1. The molecule has 0 radical (unpaired) electrons. The van der Waals surface area contributed by atoms with Gasteiger partial charge in [0.2, 0.25) is 0 Å². The lowest BCUT2D eigenvalue weighted by molar-refractivity contribution is 0.0819. The van der Waals surface area contributed by atoms with Gasteiger partial charge in [0.1, 0.15) is 0 Å². The summed E-state index contributed by atoms with van der Waals surface area (Å²) >= 11 is 0. The minimum Gasteiger partial charge on any atom is -0.316 e. The van der Waals surface area contributed by atoms with E-state index < -0.39 is 0 Å². The van der Waals surface area contributed by atoms with Gasteiger partial charge in [0, 0.05) is 6.54 Å². The molecule has 0 aromatic rings. The van der Waals surface area contributed by atoms with Crippen molar-refractivity contribution in [2.45, 2.75) is 45.4 Å². The molecule has 2 heteroatoms. The summed E-state index contributed by atoms with van der Waals surface area (Å²) in [5.74, 6) is 1.85. The minimum atomic E-state index is 0.789. The van der Waals surface area contributed by atoms with Gasteiger partial charge >= 0.3 is 0 Å². The Morgan fingerprint density at radius 2 is 1.76 bits per heavy atom. The molecule has 0 bridgehead atoms. The highest BCUT2D eigenvalue weighted by Crippen LogP contribution is 2.46. The molecule has 3 rings (SSSR count). The summed E-state index contributed by atoms with van der Waals surface area (Å²) in [7, 11) is 0. The monoisotopic (exact) mass is 236 g/mol. The molecule has 2 aliphatic heterocycles. The third kappa shape index (κ3) is 2.53.